The molecule has 2 nitrogen and oxygen atoms in total. The SMILES string of the molecule is CC1(C)c2ccccc2-c2ccc(-c3ccc4c(-c5ccc6c(c5)nc(-c5ccccc5)n6-c5ccccc5)c5ccccc5c(-c5ccccc5)c4c3)cc21. The van der Waals surface area contributed by atoms with Gasteiger partial charge in [0.05, 0.1) is 11.0 Å². The molecule has 0 radical (unpaired) electrons. The summed E-state index contributed by atoms with van der Waals surface area (Å²) in [6, 6.07) is 70.8. The highest BCUT2D eigenvalue weighted by molar-refractivity contribution is 6.22. The summed E-state index contributed by atoms with van der Waals surface area (Å²) >= 11 is 0. The highest BCUT2D eigenvalue weighted by Gasteiger charge is 2.35. The van der Waals surface area contributed by atoms with Crippen molar-refractivity contribution >= 4 is 32.6 Å². The van der Waals surface area contributed by atoms with Gasteiger partial charge in [-0.3, -0.25) is 4.57 Å². The Bertz CT molecular complexity index is 3140. The summed E-state index contributed by atoms with van der Waals surface area (Å²) in [4.78, 5) is 5.34. The molecule has 0 saturated heterocycles. The first-order valence-corrected chi connectivity index (χ1v) is 19.5. The van der Waals surface area contributed by atoms with Crippen molar-refractivity contribution in [3.63, 3.8) is 0 Å². The van der Waals surface area contributed by atoms with E-state index < -0.39 is 0 Å². The van der Waals surface area contributed by atoms with Gasteiger partial charge in [-0.15, -0.1) is 0 Å². The molecule has 0 bridgehead atoms. The van der Waals surface area contributed by atoms with E-state index >= 15 is 0 Å². The van der Waals surface area contributed by atoms with Gasteiger partial charge in [-0.25, -0.2) is 4.98 Å². The number of hydrogen-bond acceptors (Lipinski definition) is 1. The standard InChI is InChI=1S/C54H38N2/c1-54(2)47-25-15-14-22-41(47)42-29-26-38(33-48(42)54)37-27-30-45-46(32-37)51(35-16-6-3-7-17-35)43-23-12-13-24-44(43)52(45)39-28-31-50-49(34-39)55-53(36-18-8-4-9-19-36)56(50)40-20-10-5-11-21-40/h3-34H,1-2H3. The molecule has 1 aromatic heterocycles. The molecule has 1 heterocycles. The lowest BCUT2D eigenvalue weighted by atomic mass is 9.81. The summed E-state index contributed by atoms with van der Waals surface area (Å²) in [6.45, 7) is 4.71. The third kappa shape index (κ3) is 4.92. The van der Waals surface area contributed by atoms with Gasteiger partial charge in [-0.05, 0) is 114 Å². The molecule has 0 atom stereocenters. The normalized spacial score (nSPS) is 13.0. The molecule has 10 aromatic rings. The molecule has 0 saturated carbocycles. The number of nitrogens with zero attached hydrogens (tertiary/aromatic N) is 2. The van der Waals surface area contributed by atoms with Crippen LogP contribution in [0, 0.1) is 0 Å². The van der Waals surface area contributed by atoms with Gasteiger partial charge in [0, 0.05) is 16.7 Å². The van der Waals surface area contributed by atoms with Gasteiger partial charge in [0.15, 0.2) is 0 Å². The molecule has 2 heteroatoms. The van der Waals surface area contributed by atoms with Crippen LogP contribution in [0.25, 0.3) is 94.2 Å². The number of fused-ring (bicyclic) bond motifs is 6. The van der Waals surface area contributed by atoms with E-state index in [4.69, 9.17) is 4.98 Å². The van der Waals surface area contributed by atoms with Gasteiger partial charge in [-0.2, -0.15) is 0 Å². The number of rotatable bonds is 5. The third-order valence-electron chi connectivity index (χ3n) is 12.0. The first-order chi connectivity index (χ1) is 27.5. The van der Waals surface area contributed by atoms with E-state index in [0.717, 1.165) is 33.7 Å². The van der Waals surface area contributed by atoms with E-state index in [1.54, 1.807) is 0 Å². The molecular weight excluding hydrogens is 677 g/mol. The van der Waals surface area contributed by atoms with Crippen molar-refractivity contribution in [2.24, 2.45) is 0 Å². The van der Waals surface area contributed by atoms with Gasteiger partial charge >= 0.3 is 0 Å². The minimum absolute atomic E-state index is 0.0656. The molecule has 0 spiro atoms. The number of para-hydroxylation sites is 1. The number of benzene rings is 9. The second-order valence-corrected chi connectivity index (χ2v) is 15.5. The van der Waals surface area contributed by atoms with Crippen molar-refractivity contribution in [1.29, 1.82) is 0 Å². The molecule has 0 amide bonds. The summed E-state index contributed by atoms with van der Waals surface area (Å²) in [5.74, 6) is 0.934. The van der Waals surface area contributed by atoms with Crippen molar-refractivity contribution in [2.45, 2.75) is 19.3 Å². The average molecular weight is 715 g/mol. The Hall–Kier alpha value is -7.03. The topological polar surface area (TPSA) is 17.8 Å². The third-order valence-corrected chi connectivity index (χ3v) is 12.0. The molecule has 56 heavy (non-hydrogen) atoms. The van der Waals surface area contributed by atoms with E-state index in [0.29, 0.717) is 0 Å². The van der Waals surface area contributed by atoms with Crippen LogP contribution in [0.1, 0.15) is 25.0 Å². The van der Waals surface area contributed by atoms with E-state index in [2.05, 4.69) is 213 Å². The minimum atomic E-state index is -0.0656. The van der Waals surface area contributed by atoms with Gasteiger partial charge in [0.2, 0.25) is 0 Å². The van der Waals surface area contributed by atoms with Crippen LogP contribution in [0.15, 0.2) is 194 Å². The molecule has 0 aliphatic heterocycles. The second kappa shape index (κ2) is 12.5. The fourth-order valence-electron chi connectivity index (χ4n) is 9.32. The Morgan fingerprint density at radius 2 is 0.946 bits per heavy atom. The van der Waals surface area contributed by atoms with Crippen LogP contribution in [-0.2, 0) is 5.41 Å². The Balaban J connectivity index is 1.16. The predicted molar refractivity (Wildman–Crippen MR) is 235 cm³/mol. The summed E-state index contributed by atoms with van der Waals surface area (Å²) in [6.07, 6.45) is 0. The molecule has 1 aliphatic rings. The Morgan fingerprint density at radius 1 is 0.393 bits per heavy atom. The van der Waals surface area contributed by atoms with E-state index in [1.807, 2.05) is 0 Å². The predicted octanol–water partition coefficient (Wildman–Crippen LogP) is 14.3. The largest absolute Gasteiger partial charge is 0.292 e. The molecule has 9 aromatic carbocycles. The van der Waals surface area contributed by atoms with Crippen molar-refractivity contribution in [3.05, 3.63) is 205 Å². The highest BCUT2D eigenvalue weighted by atomic mass is 15.1. The van der Waals surface area contributed by atoms with E-state index in [9.17, 15) is 0 Å². The van der Waals surface area contributed by atoms with Gasteiger partial charge in [-0.1, -0.05) is 172 Å². The number of hydrogen-bond donors (Lipinski definition) is 0. The first-order valence-electron chi connectivity index (χ1n) is 19.5. The first kappa shape index (κ1) is 32.4. The maximum absolute atomic E-state index is 5.34. The lowest BCUT2D eigenvalue weighted by molar-refractivity contribution is 0.660. The van der Waals surface area contributed by atoms with Crippen LogP contribution < -0.4 is 0 Å². The molecule has 0 fully saturated rings. The van der Waals surface area contributed by atoms with Crippen LogP contribution in [0.2, 0.25) is 0 Å². The van der Waals surface area contributed by atoms with E-state index in [1.165, 1.54) is 71.6 Å². The summed E-state index contributed by atoms with van der Waals surface area (Å²) in [5, 5.41) is 4.94. The number of imidazole rings is 1. The van der Waals surface area contributed by atoms with Crippen molar-refractivity contribution in [1.82, 2.24) is 9.55 Å². The van der Waals surface area contributed by atoms with Crippen LogP contribution in [-0.4, -0.2) is 9.55 Å². The lowest BCUT2D eigenvalue weighted by Crippen LogP contribution is -2.14. The molecule has 11 rings (SSSR count). The van der Waals surface area contributed by atoms with Crippen LogP contribution in [0.4, 0.5) is 0 Å². The zero-order valence-corrected chi connectivity index (χ0v) is 31.4. The fraction of sp³-hybridized carbons (Fsp3) is 0.0556. The quantitative estimate of drug-likeness (QED) is 0.162. The van der Waals surface area contributed by atoms with Crippen molar-refractivity contribution < 1.29 is 0 Å². The zero-order chi connectivity index (χ0) is 37.4. The fourth-order valence-corrected chi connectivity index (χ4v) is 9.32. The molecule has 0 unspecified atom stereocenters. The van der Waals surface area contributed by atoms with Crippen LogP contribution in [0.3, 0.4) is 0 Å². The lowest BCUT2D eigenvalue weighted by Gasteiger charge is -2.22. The highest BCUT2D eigenvalue weighted by Crippen LogP contribution is 2.50. The van der Waals surface area contributed by atoms with Crippen LogP contribution >= 0.6 is 0 Å². The van der Waals surface area contributed by atoms with Gasteiger partial charge in [0.25, 0.3) is 0 Å². The van der Waals surface area contributed by atoms with Crippen molar-refractivity contribution in [2.75, 3.05) is 0 Å². The Labute approximate surface area is 327 Å². The number of aromatic nitrogens is 2. The maximum Gasteiger partial charge on any atom is 0.145 e. The minimum Gasteiger partial charge on any atom is -0.292 e. The Morgan fingerprint density at radius 3 is 1.70 bits per heavy atom. The summed E-state index contributed by atoms with van der Waals surface area (Å²) in [5.41, 5.74) is 16.9. The van der Waals surface area contributed by atoms with Gasteiger partial charge in [0.1, 0.15) is 5.82 Å². The van der Waals surface area contributed by atoms with Crippen molar-refractivity contribution in [3.8, 4) is 61.6 Å². The Kier molecular flexibility index (Phi) is 7.24. The molecule has 264 valence electrons. The zero-order valence-electron chi connectivity index (χ0n) is 31.4. The maximum atomic E-state index is 5.34. The summed E-state index contributed by atoms with van der Waals surface area (Å²) < 4.78 is 2.28. The molecular formula is C54H38N2. The molecule has 1 aliphatic carbocycles. The van der Waals surface area contributed by atoms with Crippen LogP contribution in [0.5, 0.6) is 0 Å². The van der Waals surface area contributed by atoms with Gasteiger partial charge < -0.3 is 0 Å². The average Bonchev–Trinajstić information content (AvgIpc) is 3.75. The van der Waals surface area contributed by atoms with E-state index in [-0.39, 0.29) is 5.41 Å². The molecule has 0 N–H and O–H groups in total. The second-order valence-electron chi connectivity index (χ2n) is 15.5. The smallest absolute Gasteiger partial charge is 0.145 e. The monoisotopic (exact) mass is 714 g/mol. The summed E-state index contributed by atoms with van der Waals surface area (Å²) in [7, 11) is 0.